The maximum Gasteiger partial charge on any atom is 0.0601 e. The SMILES string of the molecule is CC1SCC(C(NN)c2cc(Cl)ccc2Cl)SC1C. The van der Waals surface area contributed by atoms with Gasteiger partial charge in [0, 0.05) is 31.5 Å². The summed E-state index contributed by atoms with van der Waals surface area (Å²) >= 11 is 16.3. The Morgan fingerprint density at radius 3 is 2.68 bits per heavy atom. The number of rotatable bonds is 3. The van der Waals surface area contributed by atoms with Gasteiger partial charge in [0.15, 0.2) is 0 Å². The van der Waals surface area contributed by atoms with E-state index in [1.807, 2.05) is 35.7 Å². The van der Waals surface area contributed by atoms with Gasteiger partial charge in [-0.2, -0.15) is 23.5 Å². The predicted molar refractivity (Wildman–Crippen MR) is 89.3 cm³/mol. The Hall–Kier alpha value is 0.420. The summed E-state index contributed by atoms with van der Waals surface area (Å²) in [5.74, 6) is 6.82. The van der Waals surface area contributed by atoms with Crippen LogP contribution in [0.1, 0.15) is 25.5 Å². The van der Waals surface area contributed by atoms with E-state index in [1.165, 1.54) is 0 Å². The first kappa shape index (κ1) is 15.8. The van der Waals surface area contributed by atoms with Crippen LogP contribution in [0.25, 0.3) is 0 Å². The third-order valence-electron chi connectivity index (χ3n) is 3.42. The van der Waals surface area contributed by atoms with E-state index >= 15 is 0 Å². The summed E-state index contributed by atoms with van der Waals surface area (Å²) in [6.45, 7) is 4.54. The van der Waals surface area contributed by atoms with Crippen LogP contribution >= 0.6 is 46.7 Å². The molecule has 0 radical (unpaired) electrons. The van der Waals surface area contributed by atoms with Crippen molar-refractivity contribution in [3.8, 4) is 0 Å². The van der Waals surface area contributed by atoms with Crippen LogP contribution in [0.15, 0.2) is 18.2 Å². The fourth-order valence-corrected chi connectivity index (χ4v) is 5.64. The van der Waals surface area contributed by atoms with Crippen molar-refractivity contribution in [2.24, 2.45) is 5.84 Å². The van der Waals surface area contributed by atoms with Gasteiger partial charge >= 0.3 is 0 Å². The molecule has 6 heteroatoms. The average Bonchev–Trinajstić information content (AvgIpc) is 2.38. The minimum atomic E-state index is 0.0265. The van der Waals surface area contributed by atoms with Gasteiger partial charge in [-0.15, -0.1) is 0 Å². The number of nitrogens with one attached hydrogen (secondary N) is 1. The maximum atomic E-state index is 6.28. The first-order valence-electron chi connectivity index (χ1n) is 6.21. The van der Waals surface area contributed by atoms with Crippen LogP contribution in [0, 0.1) is 0 Å². The summed E-state index contributed by atoms with van der Waals surface area (Å²) in [6.07, 6.45) is 0. The molecule has 1 heterocycles. The van der Waals surface area contributed by atoms with Crippen molar-refractivity contribution in [2.45, 2.75) is 35.6 Å². The van der Waals surface area contributed by atoms with E-state index < -0.39 is 0 Å². The van der Waals surface area contributed by atoms with Crippen LogP contribution in [-0.4, -0.2) is 21.5 Å². The number of nitrogens with two attached hydrogens (primary N) is 1. The molecule has 19 heavy (non-hydrogen) atoms. The Morgan fingerprint density at radius 2 is 2.05 bits per heavy atom. The second-order valence-electron chi connectivity index (χ2n) is 4.73. The van der Waals surface area contributed by atoms with Crippen molar-refractivity contribution >= 4 is 46.7 Å². The van der Waals surface area contributed by atoms with E-state index in [4.69, 9.17) is 29.0 Å². The lowest BCUT2D eigenvalue weighted by Crippen LogP contribution is -2.40. The highest BCUT2D eigenvalue weighted by molar-refractivity contribution is 8.07. The zero-order valence-corrected chi connectivity index (χ0v) is 14.0. The second-order valence-corrected chi connectivity index (χ2v) is 8.60. The van der Waals surface area contributed by atoms with Crippen LogP contribution in [0.2, 0.25) is 10.0 Å². The van der Waals surface area contributed by atoms with E-state index in [1.54, 1.807) is 6.07 Å². The van der Waals surface area contributed by atoms with Gasteiger partial charge < -0.3 is 0 Å². The van der Waals surface area contributed by atoms with E-state index in [-0.39, 0.29) is 6.04 Å². The summed E-state index contributed by atoms with van der Waals surface area (Å²) < 4.78 is 0. The van der Waals surface area contributed by atoms with Crippen molar-refractivity contribution in [1.82, 2.24) is 5.43 Å². The van der Waals surface area contributed by atoms with Crippen molar-refractivity contribution < 1.29 is 0 Å². The topological polar surface area (TPSA) is 38.0 Å². The molecule has 0 amide bonds. The van der Waals surface area contributed by atoms with Gasteiger partial charge in [0.2, 0.25) is 0 Å². The zero-order chi connectivity index (χ0) is 14.0. The van der Waals surface area contributed by atoms with Gasteiger partial charge in [-0.1, -0.05) is 37.0 Å². The number of hydrogen-bond acceptors (Lipinski definition) is 4. The average molecular weight is 337 g/mol. The highest BCUT2D eigenvalue weighted by Crippen LogP contribution is 2.42. The van der Waals surface area contributed by atoms with Crippen LogP contribution in [0.3, 0.4) is 0 Å². The van der Waals surface area contributed by atoms with E-state index in [9.17, 15) is 0 Å². The van der Waals surface area contributed by atoms with Crippen molar-refractivity contribution in [1.29, 1.82) is 0 Å². The summed E-state index contributed by atoms with van der Waals surface area (Å²) in [6, 6.07) is 5.56. The van der Waals surface area contributed by atoms with E-state index in [0.29, 0.717) is 25.8 Å². The summed E-state index contributed by atoms with van der Waals surface area (Å²) in [4.78, 5) is 0. The van der Waals surface area contributed by atoms with Gasteiger partial charge in [0.1, 0.15) is 0 Å². The lowest BCUT2D eigenvalue weighted by atomic mass is 10.0. The first-order valence-corrected chi connectivity index (χ1v) is 8.95. The fraction of sp³-hybridized carbons (Fsp3) is 0.538. The molecule has 1 saturated heterocycles. The molecule has 0 aliphatic carbocycles. The lowest BCUT2D eigenvalue weighted by Gasteiger charge is -2.36. The smallest absolute Gasteiger partial charge is 0.0601 e. The molecule has 4 unspecified atom stereocenters. The highest BCUT2D eigenvalue weighted by atomic mass is 35.5. The van der Waals surface area contributed by atoms with Gasteiger partial charge in [-0.05, 0) is 23.8 Å². The molecule has 1 aromatic rings. The van der Waals surface area contributed by atoms with Crippen LogP contribution in [0.4, 0.5) is 0 Å². The Bertz CT molecular complexity index is 445. The summed E-state index contributed by atoms with van der Waals surface area (Å²) in [7, 11) is 0. The standard InChI is InChI=1S/C13H18Cl2N2S2/c1-7-8(2)19-12(6-18-7)13(17-16)10-5-9(14)3-4-11(10)15/h3-5,7-8,12-13,17H,6,16H2,1-2H3. The van der Waals surface area contributed by atoms with Gasteiger partial charge in [-0.25, -0.2) is 0 Å². The predicted octanol–water partition coefficient (Wildman–Crippen LogP) is 4.12. The van der Waals surface area contributed by atoms with E-state index in [0.717, 1.165) is 11.3 Å². The van der Waals surface area contributed by atoms with Crippen molar-refractivity contribution in [2.75, 3.05) is 5.75 Å². The molecule has 1 fully saturated rings. The molecular formula is C13H18Cl2N2S2. The molecule has 106 valence electrons. The monoisotopic (exact) mass is 336 g/mol. The number of hydrogen-bond donors (Lipinski definition) is 2. The van der Waals surface area contributed by atoms with Crippen LogP contribution < -0.4 is 11.3 Å². The summed E-state index contributed by atoms with van der Waals surface area (Å²) in [5.41, 5.74) is 3.90. The molecule has 2 nitrogen and oxygen atoms in total. The normalized spacial score (nSPS) is 29.2. The fourth-order valence-electron chi connectivity index (χ4n) is 2.13. The zero-order valence-electron chi connectivity index (χ0n) is 10.9. The van der Waals surface area contributed by atoms with Gasteiger partial charge in [0.25, 0.3) is 0 Å². The number of benzene rings is 1. The Labute approximate surface area is 133 Å². The molecule has 3 N–H and O–H groups in total. The molecule has 0 spiro atoms. The molecule has 1 aliphatic heterocycles. The molecule has 0 aromatic heterocycles. The minimum Gasteiger partial charge on any atom is -0.271 e. The molecule has 2 rings (SSSR count). The summed E-state index contributed by atoms with van der Waals surface area (Å²) in [5, 5.41) is 3.09. The third-order valence-corrected chi connectivity index (χ3v) is 7.49. The molecule has 0 saturated carbocycles. The Morgan fingerprint density at radius 1 is 1.32 bits per heavy atom. The van der Waals surface area contributed by atoms with Crippen molar-refractivity contribution in [3.63, 3.8) is 0 Å². The minimum absolute atomic E-state index is 0.0265. The molecule has 4 atom stereocenters. The molecular weight excluding hydrogens is 319 g/mol. The maximum absolute atomic E-state index is 6.28. The van der Waals surface area contributed by atoms with Crippen molar-refractivity contribution in [3.05, 3.63) is 33.8 Å². The number of thioether (sulfide) groups is 2. The second kappa shape index (κ2) is 6.92. The van der Waals surface area contributed by atoms with Gasteiger partial charge in [0.05, 0.1) is 6.04 Å². The molecule has 0 bridgehead atoms. The Balaban J connectivity index is 2.22. The molecule has 1 aromatic carbocycles. The highest BCUT2D eigenvalue weighted by Gasteiger charge is 2.32. The van der Waals surface area contributed by atoms with Crippen LogP contribution in [-0.2, 0) is 0 Å². The lowest BCUT2D eigenvalue weighted by molar-refractivity contribution is 0.550. The van der Waals surface area contributed by atoms with Crippen LogP contribution in [0.5, 0.6) is 0 Å². The first-order chi connectivity index (χ1) is 9.02. The Kier molecular flexibility index (Phi) is 5.76. The number of hydrazine groups is 1. The molecule has 1 aliphatic rings. The van der Waals surface area contributed by atoms with E-state index in [2.05, 4.69) is 19.3 Å². The largest absolute Gasteiger partial charge is 0.271 e. The number of halogens is 2. The van der Waals surface area contributed by atoms with Gasteiger partial charge in [-0.3, -0.25) is 11.3 Å². The quantitative estimate of drug-likeness (QED) is 0.643. The third kappa shape index (κ3) is 3.74.